The molecule has 1 atom stereocenters. The summed E-state index contributed by atoms with van der Waals surface area (Å²) < 4.78 is 0. The van der Waals surface area contributed by atoms with E-state index in [4.69, 9.17) is 0 Å². The first-order chi connectivity index (χ1) is 8.88. The van der Waals surface area contributed by atoms with Gasteiger partial charge in [-0.1, -0.05) is 39.0 Å². The fraction of sp³-hybridized carbons (Fsp3) is 0.467. The summed E-state index contributed by atoms with van der Waals surface area (Å²) in [7, 11) is 0. The van der Waals surface area contributed by atoms with Gasteiger partial charge in [-0.05, 0) is 12.1 Å². The van der Waals surface area contributed by atoms with E-state index in [0.717, 1.165) is 5.69 Å². The summed E-state index contributed by atoms with van der Waals surface area (Å²) in [5, 5.41) is 2.95. The van der Waals surface area contributed by atoms with Gasteiger partial charge in [0.1, 0.15) is 0 Å². The fourth-order valence-corrected chi connectivity index (χ4v) is 2.06. The number of anilines is 1. The van der Waals surface area contributed by atoms with E-state index in [2.05, 4.69) is 5.32 Å². The van der Waals surface area contributed by atoms with Crippen LogP contribution in [0.15, 0.2) is 30.3 Å². The summed E-state index contributed by atoms with van der Waals surface area (Å²) in [5.41, 5.74) is 0.462. The Labute approximate surface area is 113 Å². The van der Waals surface area contributed by atoms with Crippen LogP contribution in [0.4, 0.5) is 5.69 Å². The van der Waals surface area contributed by atoms with Gasteiger partial charge in [-0.2, -0.15) is 0 Å². The van der Waals surface area contributed by atoms with E-state index in [9.17, 15) is 9.59 Å². The second-order valence-electron chi connectivity index (χ2n) is 5.96. The van der Waals surface area contributed by atoms with E-state index >= 15 is 0 Å². The highest BCUT2D eigenvalue weighted by molar-refractivity contribution is 5.97. The molecule has 0 bridgehead atoms. The number of nitrogens with one attached hydrogen (secondary N) is 1. The third-order valence-electron chi connectivity index (χ3n) is 3.21. The van der Waals surface area contributed by atoms with Gasteiger partial charge in [-0.3, -0.25) is 9.59 Å². The highest BCUT2D eigenvalue weighted by Gasteiger charge is 2.33. The number of rotatable bonds is 2. The molecule has 1 fully saturated rings. The summed E-state index contributed by atoms with van der Waals surface area (Å²) in [6.07, 6.45) is 0.372. The van der Waals surface area contributed by atoms with Crippen molar-refractivity contribution >= 4 is 17.5 Å². The molecule has 0 saturated carbocycles. The lowest BCUT2D eigenvalue weighted by Crippen LogP contribution is -2.43. The predicted molar refractivity (Wildman–Crippen MR) is 74.8 cm³/mol. The second kappa shape index (κ2) is 5.03. The molecule has 1 heterocycles. The van der Waals surface area contributed by atoms with Gasteiger partial charge in [0.05, 0.1) is 6.04 Å². The van der Waals surface area contributed by atoms with Crippen LogP contribution in [0.25, 0.3) is 0 Å². The Hall–Kier alpha value is -1.84. The molecule has 0 aliphatic carbocycles. The molecule has 1 aliphatic rings. The number of hydrogen-bond acceptors (Lipinski definition) is 2. The number of hydrogen-bond donors (Lipinski definition) is 1. The molecule has 1 saturated heterocycles. The first-order valence-electron chi connectivity index (χ1n) is 6.54. The van der Waals surface area contributed by atoms with E-state index in [1.54, 1.807) is 4.90 Å². The monoisotopic (exact) mass is 260 g/mol. The quantitative estimate of drug-likeness (QED) is 0.883. The van der Waals surface area contributed by atoms with Crippen LogP contribution >= 0.6 is 0 Å². The van der Waals surface area contributed by atoms with Crippen LogP contribution < -0.4 is 10.2 Å². The molecule has 0 aromatic heterocycles. The second-order valence-corrected chi connectivity index (χ2v) is 5.96. The van der Waals surface area contributed by atoms with E-state index < -0.39 is 5.41 Å². The van der Waals surface area contributed by atoms with Crippen molar-refractivity contribution in [3.05, 3.63) is 30.3 Å². The van der Waals surface area contributed by atoms with E-state index in [-0.39, 0.29) is 17.9 Å². The van der Waals surface area contributed by atoms with Gasteiger partial charge in [-0.15, -0.1) is 0 Å². The zero-order chi connectivity index (χ0) is 14.0. The topological polar surface area (TPSA) is 49.4 Å². The van der Waals surface area contributed by atoms with Crippen molar-refractivity contribution in [3.8, 4) is 0 Å². The van der Waals surface area contributed by atoms with Crippen LogP contribution in [0.3, 0.4) is 0 Å². The van der Waals surface area contributed by atoms with Gasteiger partial charge < -0.3 is 10.2 Å². The van der Waals surface area contributed by atoms with Crippen LogP contribution in [0.5, 0.6) is 0 Å². The number of benzene rings is 1. The average molecular weight is 260 g/mol. The van der Waals surface area contributed by atoms with Crippen LogP contribution in [-0.2, 0) is 9.59 Å². The third-order valence-corrected chi connectivity index (χ3v) is 3.21. The zero-order valence-electron chi connectivity index (χ0n) is 11.6. The zero-order valence-corrected chi connectivity index (χ0v) is 11.6. The molecule has 2 amide bonds. The van der Waals surface area contributed by atoms with Crippen LogP contribution in [-0.4, -0.2) is 24.4 Å². The molecule has 1 unspecified atom stereocenters. The first-order valence-corrected chi connectivity index (χ1v) is 6.54. The van der Waals surface area contributed by atoms with Crippen molar-refractivity contribution in [2.75, 3.05) is 11.4 Å². The number of carbonyl (C=O) groups excluding carboxylic acids is 2. The van der Waals surface area contributed by atoms with Crippen molar-refractivity contribution in [2.24, 2.45) is 5.41 Å². The number of amides is 2. The van der Waals surface area contributed by atoms with Crippen molar-refractivity contribution in [2.45, 2.75) is 33.2 Å². The maximum absolute atomic E-state index is 12.0. The molecule has 4 nitrogen and oxygen atoms in total. The van der Waals surface area contributed by atoms with Gasteiger partial charge in [0.15, 0.2) is 0 Å². The molecule has 0 spiro atoms. The molecule has 1 aromatic rings. The molecule has 1 aliphatic heterocycles. The maximum atomic E-state index is 12.0. The van der Waals surface area contributed by atoms with Crippen molar-refractivity contribution in [1.29, 1.82) is 0 Å². The SMILES string of the molecule is CC(C)(C)C(=O)NC1CC(=O)N(c2ccccc2)C1. The maximum Gasteiger partial charge on any atom is 0.229 e. The van der Waals surface area contributed by atoms with Gasteiger partial charge >= 0.3 is 0 Å². The third kappa shape index (κ3) is 3.13. The molecule has 4 heteroatoms. The Morgan fingerprint density at radius 1 is 1.26 bits per heavy atom. The minimum absolute atomic E-state index is 0.0137. The number of carbonyl (C=O) groups is 2. The Morgan fingerprint density at radius 2 is 1.89 bits per heavy atom. The normalized spacial score (nSPS) is 19.6. The average Bonchev–Trinajstić information content (AvgIpc) is 2.70. The summed E-state index contributed by atoms with van der Waals surface area (Å²) in [6.45, 7) is 6.15. The van der Waals surface area contributed by atoms with E-state index in [1.165, 1.54) is 0 Å². The molecule has 0 radical (unpaired) electrons. The summed E-state index contributed by atoms with van der Waals surface area (Å²) >= 11 is 0. The molecule has 19 heavy (non-hydrogen) atoms. The molecule has 102 valence electrons. The smallest absolute Gasteiger partial charge is 0.229 e. The lowest BCUT2D eigenvalue weighted by Gasteiger charge is -2.21. The van der Waals surface area contributed by atoms with Gasteiger partial charge in [0, 0.05) is 24.1 Å². The van der Waals surface area contributed by atoms with Gasteiger partial charge in [-0.25, -0.2) is 0 Å². The molecule has 1 aromatic carbocycles. The Kier molecular flexibility index (Phi) is 3.60. The van der Waals surface area contributed by atoms with Gasteiger partial charge in [0.2, 0.25) is 11.8 Å². The van der Waals surface area contributed by atoms with Crippen molar-refractivity contribution < 1.29 is 9.59 Å². The van der Waals surface area contributed by atoms with E-state index in [0.29, 0.717) is 13.0 Å². The lowest BCUT2D eigenvalue weighted by molar-refractivity contribution is -0.129. The van der Waals surface area contributed by atoms with Crippen molar-refractivity contribution in [3.63, 3.8) is 0 Å². The first kappa shape index (κ1) is 13.6. The highest BCUT2D eigenvalue weighted by Crippen LogP contribution is 2.22. The highest BCUT2D eigenvalue weighted by atomic mass is 16.2. The molecule has 1 N–H and O–H groups in total. The summed E-state index contributed by atoms with van der Waals surface area (Å²) in [6, 6.07) is 9.45. The largest absolute Gasteiger partial charge is 0.351 e. The summed E-state index contributed by atoms with van der Waals surface area (Å²) in [5.74, 6) is 0.0469. The van der Waals surface area contributed by atoms with Crippen LogP contribution in [0.2, 0.25) is 0 Å². The lowest BCUT2D eigenvalue weighted by atomic mass is 9.95. The molecule has 2 rings (SSSR count). The molecular weight excluding hydrogens is 240 g/mol. The van der Waals surface area contributed by atoms with E-state index in [1.807, 2.05) is 51.1 Å². The Balaban J connectivity index is 2.02. The minimum atomic E-state index is -0.427. The minimum Gasteiger partial charge on any atom is -0.351 e. The van der Waals surface area contributed by atoms with Crippen molar-refractivity contribution in [1.82, 2.24) is 5.32 Å². The predicted octanol–water partition coefficient (Wildman–Crippen LogP) is 1.95. The van der Waals surface area contributed by atoms with Crippen LogP contribution in [0.1, 0.15) is 27.2 Å². The van der Waals surface area contributed by atoms with Gasteiger partial charge in [0.25, 0.3) is 0 Å². The Bertz CT molecular complexity index is 477. The number of nitrogens with zero attached hydrogens (tertiary/aromatic N) is 1. The standard InChI is InChI=1S/C15H20N2O2/c1-15(2,3)14(19)16-11-9-13(18)17(10-11)12-7-5-4-6-8-12/h4-8,11H,9-10H2,1-3H3,(H,16,19). The Morgan fingerprint density at radius 3 is 2.47 bits per heavy atom. The van der Waals surface area contributed by atoms with Crippen LogP contribution in [0, 0.1) is 5.41 Å². The molecular formula is C15H20N2O2. The fourth-order valence-electron chi connectivity index (χ4n) is 2.06. The number of para-hydroxylation sites is 1. The summed E-state index contributed by atoms with van der Waals surface area (Å²) in [4.78, 5) is 25.7.